The molecule has 3 nitrogen and oxygen atoms in total. The molecule has 2 N–H and O–H groups in total. The summed E-state index contributed by atoms with van der Waals surface area (Å²) >= 11 is 0. The monoisotopic (exact) mass is 143 g/mol. The third-order valence-corrected chi connectivity index (χ3v) is 1.16. The first-order chi connectivity index (χ1) is 4.59. The van der Waals surface area contributed by atoms with Crippen LogP contribution >= 0.6 is 0 Å². The van der Waals surface area contributed by atoms with Gasteiger partial charge in [0.1, 0.15) is 0 Å². The Hall–Kier alpha value is -0.830. The molecule has 0 aromatic carbocycles. The topological polar surface area (TPSA) is 49.3 Å². The minimum absolute atomic E-state index is 0.107. The van der Waals surface area contributed by atoms with Gasteiger partial charge in [-0.1, -0.05) is 0 Å². The summed E-state index contributed by atoms with van der Waals surface area (Å²) < 4.78 is 0. The molecule has 0 amide bonds. The van der Waals surface area contributed by atoms with Gasteiger partial charge >= 0.3 is 0 Å². The Morgan fingerprint density at radius 2 is 2.20 bits per heavy atom. The molecule has 0 aliphatic rings. The fraction of sp³-hybridized carbons (Fsp3) is 0.571. The summed E-state index contributed by atoms with van der Waals surface area (Å²) in [7, 11) is 1.69. The zero-order valence-corrected chi connectivity index (χ0v) is 6.51. The number of carbonyl (C=O) groups excluding carboxylic acids is 1. The van der Waals surface area contributed by atoms with Crippen LogP contribution in [0.3, 0.4) is 0 Å². The highest BCUT2D eigenvalue weighted by Crippen LogP contribution is 2.00. The average molecular weight is 143 g/mol. The van der Waals surface area contributed by atoms with Crippen molar-refractivity contribution in [2.45, 2.75) is 20.0 Å². The molecule has 10 heavy (non-hydrogen) atoms. The quantitative estimate of drug-likeness (QED) is 0.549. The zero-order chi connectivity index (χ0) is 8.15. The van der Waals surface area contributed by atoms with Crippen molar-refractivity contribution >= 4 is 5.78 Å². The van der Waals surface area contributed by atoms with E-state index in [1.54, 1.807) is 14.0 Å². The average Bonchev–Trinajstić information content (AvgIpc) is 1.81. The smallest absolute Gasteiger partial charge is 0.159 e. The minimum atomic E-state index is -0.690. The van der Waals surface area contributed by atoms with Crippen molar-refractivity contribution in [3.05, 3.63) is 11.8 Å². The lowest BCUT2D eigenvalue weighted by atomic mass is 10.1. The van der Waals surface area contributed by atoms with E-state index in [9.17, 15) is 4.79 Å². The molecule has 3 heteroatoms. The first-order valence-electron chi connectivity index (χ1n) is 3.16. The van der Waals surface area contributed by atoms with Gasteiger partial charge in [0.25, 0.3) is 0 Å². The van der Waals surface area contributed by atoms with Crippen molar-refractivity contribution in [1.29, 1.82) is 0 Å². The van der Waals surface area contributed by atoms with E-state index in [1.165, 1.54) is 13.1 Å². The van der Waals surface area contributed by atoms with Crippen LogP contribution in [0.4, 0.5) is 0 Å². The predicted octanol–water partition coefficient (Wildman–Crippen LogP) is 0.0595. The molecular weight excluding hydrogens is 130 g/mol. The van der Waals surface area contributed by atoms with Crippen LogP contribution in [0.2, 0.25) is 0 Å². The maximum atomic E-state index is 10.7. The Morgan fingerprint density at radius 1 is 1.70 bits per heavy atom. The molecule has 0 saturated carbocycles. The third kappa shape index (κ3) is 2.64. The Morgan fingerprint density at radius 3 is 2.30 bits per heavy atom. The van der Waals surface area contributed by atoms with Gasteiger partial charge in [-0.3, -0.25) is 4.79 Å². The van der Waals surface area contributed by atoms with Gasteiger partial charge in [-0.15, -0.1) is 0 Å². The Bertz CT molecular complexity index is 150. The molecule has 0 radical (unpaired) electrons. The molecule has 58 valence electrons. The van der Waals surface area contributed by atoms with E-state index in [2.05, 4.69) is 5.32 Å². The maximum absolute atomic E-state index is 10.7. The molecule has 0 aliphatic heterocycles. The normalized spacial score (nSPS) is 14.6. The van der Waals surface area contributed by atoms with Crippen molar-refractivity contribution in [3.8, 4) is 0 Å². The van der Waals surface area contributed by atoms with Crippen LogP contribution in [0.1, 0.15) is 13.8 Å². The van der Waals surface area contributed by atoms with Crippen molar-refractivity contribution < 1.29 is 9.90 Å². The molecule has 0 bridgehead atoms. The van der Waals surface area contributed by atoms with Gasteiger partial charge in [0.15, 0.2) is 5.78 Å². The molecular formula is C7H13NO2. The highest BCUT2D eigenvalue weighted by molar-refractivity contribution is 5.93. The summed E-state index contributed by atoms with van der Waals surface area (Å²) in [6.07, 6.45) is 0.817. The van der Waals surface area contributed by atoms with Crippen molar-refractivity contribution in [1.82, 2.24) is 5.32 Å². The summed E-state index contributed by atoms with van der Waals surface area (Å²) in [5.74, 6) is -0.107. The van der Waals surface area contributed by atoms with Crippen molar-refractivity contribution in [2.24, 2.45) is 0 Å². The number of hydrogen-bond acceptors (Lipinski definition) is 3. The van der Waals surface area contributed by atoms with E-state index < -0.39 is 6.10 Å². The zero-order valence-electron chi connectivity index (χ0n) is 6.51. The van der Waals surface area contributed by atoms with Gasteiger partial charge in [-0.2, -0.15) is 0 Å². The lowest BCUT2D eigenvalue weighted by Gasteiger charge is -2.05. The number of carbonyl (C=O) groups is 1. The second kappa shape index (κ2) is 4.06. The van der Waals surface area contributed by atoms with E-state index in [-0.39, 0.29) is 5.78 Å². The Kier molecular flexibility index (Phi) is 3.72. The molecule has 0 aromatic heterocycles. The van der Waals surface area contributed by atoms with Crippen LogP contribution in [0.5, 0.6) is 0 Å². The number of nitrogens with one attached hydrogen (secondary N) is 1. The maximum Gasteiger partial charge on any atom is 0.159 e. The van der Waals surface area contributed by atoms with Crippen LogP contribution in [0.15, 0.2) is 11.8 Å². The van der Waals surface area contributed by atoms with Gasteiger partial charge in [-0.05, 0) is 13.8 Å². The molecule has 1 atom stereocenters. The number of hydrogen-bond donors (Lipinski definition) is 2. The first-order valence-corrected chi connectivity index (χ1v) is 3.16. The number of Topliss-reactive ketones (excluding diaryl/α,β-unsaturated/α-hetero) is 1. The summed E-state index contributed by atoms with van der Waals surface area (Å²) in [5.41, 5.74) is 0.405. The van der Waals surface area contributed by atoms with E-state index in [4.69, 9.17) is 5.11 Å². The van der Waals surface area contributed by atoms with E-state index >= 15 is 0 Å². The van der Waals surface area contributed by atoms with Gasteiger partial charge < -0.3 is 10.4 Å². The number of aliphatic hydroxyl groups is 1. The molecule has 0 heterocycles. The van der Waals surface area contributed by atoms with Crippen molar-refractivity contribution in [3.63, 3.8) is 0 Å². The van der Waals surface area contributed by atoms with Crippen LogP contribution in [0.25, 0.3) is 0 Å². The van der Waals surface area contributed by atoms with Gasteiger partial charge in [0.2, 0.25) is 0 Å². The van der Waals surface area contributed by atoms with Crippen LogP contribution in [0, 0.1) is 0 Å². The van der Waals surface area contributed by atoms with Gasteiger partial charge in [0.05, 0.1) is 6.10 Å². The van der Waals surface area contributed by atoms with E-state index in [0.29, 0.717) is 5.57 Å². The largest absolute Gasteiger partial charge is 0.394 e. The fourth-order valence-electron chi connectivity index (χ4n) is 0.672. The predicted molar refractivity (Wildman–Crippen MR) is 39.5 cm³/mol. The number of ketones is 1. The molecule has 0 aliphatic carbocycles. The summed E-state index contributed by atoms with van der Waals surface area (Å²) in [6.45, 7) is 2.99. The molecule has 0 saturated heterocycles. The van der Waals surface area contributed by atoms with Crippen molar-refractivity contribution in [2.75, 3.05) is 7.05 Å². The number of rotatable bonds is 3. The highest BCUT2D eigenvalue weighted by atomic mass is 16.3. The number of aliphatic hydroxyl groups excluding tert-OH is 1. The summed E-state index contributed by atoms with van der Waals surface area (Å²) in [5, 5.41) is 11.7. The standard InChI is InChI=1S/C7H13NO2/c1-5(9)7(4-8-3)6(2)10/h4-5,8-9H,1-3H3. The summed E-state index contributed by atoms with van der Waals surface area (Å²) in [6, 6.07) is 0. The second-order valence-electron chi connectivity index (χ2n) is 2.12. The van der Waals surface area contributed by atoms with Crippen LogP contribution in [-0.2, 0) is 4.79 Å². The molecule has 0 fully saturated rings. The van der Waals surface area contributed by atoms with Gasteiger partial charge in [-0.25, -0.2) is 0 Å². The van der Waals surface area contributed by atoms with Crippen LogP contribution < -0.4 is 5.32 Å². The third-order valence-electron chi connectivity index (χ3n) is 1.16. The highest BCUT2D eigenvalue weighted by Gasteiger charge is 2.08. The van der Waals surface area contributed by atoms with Crippen LogP contribution in [-0.4, -0.2) is 24.0 Å². The SMILES string of the molecule is CNC=C(C(C)=O)C(C)O. The Labute approximate surface area is 60.7 Å². The lowest BCUT2D eigenvalue weighted by molar-refractivity contribution is -0.114. The molecule has 0 aromatic rings. The van der Waals surface area contributed by atoms with Gasteiger partial charge in [0, 0.05) is 18.8 Å². The first kappa shape index (κ1) is 9.17. The fourth-order valence-corrected chi connectivity index (χ4v) is 0.672. The Balaban J connectivity index is 4.27. The molecule has 1 unspecified atom stereocenters. The van der Waals surface area contributed by atoms with E-state index in [1.807, 2.05) is 0 Å². The van der Waals surface area contributed by atoms with E-state index in [0.717, 1.165) is 0 Å². The summed E-state index contributed by atoms with van der Waals surface area (Å²) in [4.78, 5) is 10.7. The second-order valence-corrected chi connectivity index (χ2v) is 2.12. The molecule has 0 spiro atoms. The minimum Gasteiger partial charge on any atom is -0.394 e. The lowest BCUT2D eigenvalue weighted by Crippen LogP contribution is -2.14. The molecule has 0 rings (SSSR count).